The number of benzene rings is 2. The maximum absolute atomic E-state index is 12.4. The summed E-state index contributed by atoms with van der Waals surface area (Å²) >= 11 is 0. The molecule has 0 saturated carbocycles. The number of hydrogen-bond acceptors (Lipinski definition) is 2. The highest BCUT2D eigenvalue weighted by Gasteiger charge is 2.30. The van der Waals surface area contributed by atoms with E-state index in [1.54, 1.807) is 18.2 Å². The number of carbonyl (C=O) groups excluding carboxylic acids is 1. The zero-order valence-electron chi connectivity index (χ0n) is 10.6. The topological polar surface area (TPSA) is 52.9 Å². The second-order valence-electron chi connectivity index (χ2n) is 4.19. The van der Waals surface area contributed by atoms with Crippen molar-refractivity contribution in [2.45, 2.75) is 6.18 Å². The summed E-state index contributed by atoms with van der Waals surface area (Å²) in [5.74, 6) is -0.577. The average Bonchev–Trinajstić information content (AvgIpc) is 2.47. The van der Waals surface area contributed by atoms with Gasteiger partial charge in [0, 0.05) is 5.56 Å². The van der Waals surface area contributed by atoms with Crippen LogP contribution in [0.3, 0.4) is 0 Å². The van der Waals surface area contributed by atoms with E-state index in [2.05, 4.69) is 5.32 Å². The summed E-state index contributed by atoms with van der Waals surface area (Å²) in [5.41, 5.74) is -0.158. The largest absolute Gasteiger partial charge is 0.416 e. The number of rotatable bonds is 2. The summed E-state index contributed by atoms with van der Waals surface area (Å²) in [6.45, 7) is 0. The van der Waals surface area contributed by atoms with Crippen LogP contribution in [-0.4, -0.2) is 5.91 Å². The van der Waals surface area contributed by atoms with Crippen LogP contribution in [0.1, 0.15) is 21.5 Å². The molecule has 0 heterocycles. The van der Waals surface area contributed by atoms with Gasteiger partial charge in [-0.2, -0.15) is 18.4 Å². The Kier molecular flexibility index (Phi) is 3.94. The molecule has 0 aliphatic heterocycles. The summed E-state index contributed by atoms with van der Waals surface area (Å²) in [5, 5.41) is 11.4. The Morgan fingerprint density at radius 1 is 1.05 bits per heavy atom. The fraction of sp³-hybridized carbons (Fsp3) is 0.0667. The van der Waals surface area contributed by atoms with E-state index >= 15 is 0 Å². The predicted molar refractivity (Wildman–Crippen MR) is 70.6 cm³/mol. The minimum atomic E-state index is -4.44. The zero-order valence-corrected chi connectivity index (χ0v) is 10.6. The number of para-hydroxylation sites is 1. The van der Waals surface area contributed by atoms with E-state index in [0.29, 0.717) is 5.69 Å². The number of alkyl halides is 3. The molecule has 3 nitrogen and oxygen atoms in total. The number of hydrogen-bond donors (Lipinski definition) is 1. The molecule has 2 aromatic carbocycles. The van der Waals surface area contributed by atoms with Crippen LogP contribution >= 0.6 is 0 Å². The smallest absolute Gasteiger partial charge is 0.321 e. The molecule has 2 rings (SSSR count). The van der Waals surface area contributed by atoms with E-state index in [-0.39, 0.29) is 11.1 Å². The second kappa shape index (κ2) is 5.67. The maximum atomic E-state index is 12.4. The molecule has 0 radical (unpaired) electrons. The Bertz CT molecular complexity index is 700. The van der Waals surface area contributed by atoms with E-state index in [0.717, 1.165) is 24.3 Å². The van der Waals surface area contributed by atoms with Gasteiger partial charge in [-0.1, -0.05) is 12.1 Å². The Hall–Kier alpha value is -2.81. The third kappa shape index (κ3) is 3.39. The Morgan fingerprint density at radius 2 is 1.67 bits per heavy atom. The van der Waals surface area contributed by atoms with E-state index in [1.807, 2.05) is 6.07 Å². The van der Waals surface area contributed by atoms with Gasteiger partial charge in [0.2, 0.25) is 0 Å². The molecule has 106 valence electrons. The molecule has 1 N–H and O–H groups in total. The van der Waals surface area contributed by atoms with Crippen LogP contribution in [0.2, 0.25) is 0 Å². The van der Waals surface area contributed by atoms with Gasteiger partial charge in [0.05, 0.1) is 16.8 Å². The van der Waals surface area contributed by atoms with Gasteiger partial charge in [-0.25, -0.2) is 0 Å². The van der Waals surface area contributed by atoms with E-state index < -0.39 is 17.6 Å². The highest BCUT2D eigenvalue weighted by atomic mass is 19.4. The highest BCUT2D eigenvalue weighted by molar-refractivity contribution is 6.04. The summed E-state index contributed by atoms with van der Waals surface area (Å²) in [6.07, 6.45) is -4.44. The zero-order chi connectivity index (χ0) is 15.5. The summed E-state index contributed by atoms with van der Waals surface area (Å²) in [7, 11) is 0. The van der Waals surface area contributed by atoms with Crippen molar-refractivity contribution in [1.29, 1.82) is 5.26 Å². The number of nitrogens with one attached hydrogen (secondary N) is 1. The van der Waals surface area contributed by atoms with Crippen LogP contribution in [0.5, 0.6) is 0 Å². The SMILES string of the molecule is N#Cc1ccccc1NC(=O)c1ccc(C(F)(F)F)cc1. The van der Waals surface area contributed by atoms with Crippen molar-refractivity contribution in [3.8, 4) is 6.07 Å². The number of carbonyl (C=O) groups is 1. The van der Waals surface area contributed by atoms with Crippen molar-refractivity contribution >= 4 is 11.6 Å². The van der Waals surface area contributed by atoms with Crippen LogP contribution in [0.15, 0.2) is 48.5 Å². The van der Waals surface area contributed by atoms with E-state index in [1.165, 1.54) is 6.07 Å². The molecule has 0 aromatic heterocycles. The Balaban J connectivity index is 2.20. The summed E-state index contributed by atoms with van der Waals surface area (Å²) in [4.78, 5) is 11.9. The quantitative estimate of drug-likeness (QED) is 0.913. The first kappa shape index (κ1) is 14.6. The Morgan fingerprint density at radius 3 is 2.24 bits per heavy atom. The fourth-order valence-electron chi connectivity index (χ4n) is 1.69. The van der Waals surface area contributed by atoms with Crippen LogP contribution in [0.25, 0.3) is 0 Å². The third-order valence-electron chi connectivity index (χ3n) is 2.77. The van der Waals surface area contributed by atoms with E-state index in [4.69, 9.17) is 5.26 Å². The Labute approximate surface area is 118 Å². The molecule has 0 spiro atoms. The fourth-order valence-corrected chi connectivity index (χ4v) is 1.69. The van der Waals surface area contributed by atoms with Gasteiger partial charge in [-0.05, 0) is 36.4 Å². The van der Waals surface area contributed by atoms with Gasteiger partial charge < -0.3 is 5.32 Å². The lowest BCUT2D eigenvalue weighted by molar-refractivity contribution is -0.137. The number of halogens is 3. The van der Waals surface area contributed by atoms with Gasteiger partial charge in [0.25, 0.3) is 5.91 Å². The lowest BCUT2D eigenvalue weighted by atomic mass is 10.1. The first-order chi connectivity index (χ1) is 9.91. The van der Waals surface area contributed by atoms with Gasteiger partial charge >= 0.3 is 6.18 Å². The molecular weight excluding hydrogens is 281 g/mol. The first-order valence-corrected chi connectivity index (χ1v) is 5.89. The minimum absolute atomic E-state index is 0.0794. The second-order valence-corrected chi connectivity index (χ2v) is 4.19. The molecule has 6 heteroatoms. The maximum Gasteiger partial charge on any atom is 0.416 e. The van der Waals surface area contributed by atoms with Crippen molar-refractivity contribution < 1.29 is 18.0 Å². The number of nitrogens with zero attached hydrogens (tertiary/aromatic N) is 1. The van der Waals surface area contributed by atoms with E-state index in [9.17, 15) is 18.0 Å². The van der Waals surface area contributed by atoms with Crippen molar-refractivity contribution in [2.75, 3.05) is 5.32 Å². The van der Waals surface area contributed by atoms with Crippen LogP contribution in [0, 0.1) is 11.3 Å². The standard InChI is InChI=1S/C15H9F3N2O/c16-15(17,18)12-7-5-10(6-8-12)14(21)20-13-4-2-1-3-11(13)9-19/h1-8H,(H,20,21). The minimum Gasteiger partial charge on any atom is -0.321 e. The molecule has 0 atom stereocenters. The van der Waals surface area contributed by atoms with Gasteiger partial charge in [0.15, 0.2) is 0 Å². The molecular formula is C15H9F3N2O. The van der Waals surface area contributed by atoms with Crippen molar-refractivity contribution in [2.24, 2.45) is 0 Å². The van der Waals surface area contributed by atoms with Crippen LogP contribution < -0.4 is 5.32 Å². The van der Waals surface area contributed by atoms with Gasteiger partial charge in [-0.15, -0.1) is 0 Å². The molecule has 0 fully saturated rings. The number of nitriles is 1. The predicted octanol–water partition coefficient (Wildman–Crippen LogP) is 3.83. The normalized spacial score (nSPS) is 10.8. The summed E-state index contributed by atoms with van der Waals surface area (Å²) < 4.78 is 37.3. The number of amides is 1. The first-order valence-electron chi connectivity index (χ1n) is 5.89. The molecule has 2 aromatic rings. The lowest BCUT2D eigenvalue weighted by Gasteiger charge is -2.09. The lowest BCUT2D eigenvalue weighted by Crippen LogP contribution is -2.13. The summed E-state index contributed by atoms with van der Waals surface area (Å²) in [6, 6.07) is 12.1. The molecule has 21 heavy (non-hydrogen) atoms. The monoisotopic (exact) mass is 290 g/mol. The molecule has 0 unspecified atom stereocenters. The molecule has 0 bridgehead atoms. The van der Waals surface area contributed by atoms with Crippen LogP contribution in [0.4, 0.5) is 18.9 Å². The van der Waals surface area contributed by atoms with Gasteiger partial charge in [0.1, 0.15) is 6.07 Å². The number of anilines is 1. The molecule has 0 saturated heterocycles. The third-order valence-corrected chi connectivity index (χ3v) is 2.77. The van der Waals surface area contributed by atoms with Crippen molar-refractivity contribution in [1.82, 2.24) is 0 Å². The molecule has 1 amide bonds. The average molecular weight is 290 g/mol. The van der Waals surface area contributed by atoms with Crippen LogP contribution in [-0.2, 0) is 6.18 Å². The van der Waals surface area contributed by atoms with Gasteiger partial charge in [-0.3, -0.25) is 4.79 Å². The molecule has 0 aliphatic rings. The van der Waals surface area contributed by atoms with Crippen molar-refractivity contribution in [3.63, 3.8) is 0 Å². The highest BCUT2D eigenvalue weighted by Crippen LogP contribution is 2.29. The molecule has 0 aliphatic carbocycles. The van der Waals surface area contributed by atoms with Crippen molar-refractivity contribution in [3.05, 3.63) is 65.2 Å².